The summed E-state index contributed by atoms with van der Waals surface area (Å²) in [6.45, 7) is 2.57. The summed E-state index contributed by atoms with van der Waals surface area (Å²) in [6.07, 6.45) is 7.91. The van der Waals surface area contributed by atoms with Crippen LogP contribution in [-0.4, -0.2) is 59.7 Å². The third-order valence-electron chi connectivity index (χ3n) is 6.37. The lowest BCUT2D eigenvalue weighted by Gasteiger charge is -2.35. The molecular weight excluding hydrogens is 476 g/mol. The molecule has 5 rings (SSSR count). The van der Waals surface area contributed by atoms with Gasteiger partial charge in [-0.15, -0.1) is 5.10 Å². The number of hydrogen-bond donors (Lipinski definition) is 1. The zero-order valence-electron chi connectivity index (χ0n) is 18.9. The van der Waals surface area contributed by atoms with Crippen molar-refractivity contribution < 1.29 is 13.2 Å². The Kier molecular flexibility index (Phi) is 6.11. The Morgan fingerprint density at radius 3 is 2.62 bits per heavy atom. The van der Waals surface area contributed by atoms with Crippen LogP contribution in [0.15, 0.2) is 36.5 Å². The van der Waals surface area contributed by atoms with E-state index < -0.39 is 10.0 Å². The van der Waals surface area contributed by atoms with E-state index in [0.717, 1.165) is 55.8 Å². The molecule has 1 N–H and O–H groups in total. The van der Waals surface area contributed by atoms with Gasteiger partial charge in [-0.1, -0.05) is 11.6 Å². The Labute approximate surface area is 203 Å². The number of aromatic nitrogens is 3. The van der Waals surface area contributed by atoms with Crippen molar-refractivity contribution in [2.45, 2.75) is 38.1 Å². The van der Waals surface area contributed by atoms with Gasteiger partial charge < -0.3 is 9.80 Å². The molecule has 11 heteroatoms. The number of carbonyl (C=O) groups excluding carboxylic acids is 1. The highest BCUT2D eigenvalue weighted by Gasteiger charge is 2.32. The molecule has 0 bridgehead atoms. The summed E-state index contributed by atoms with van der Waals surface area (Å²) in [5.41, 5.74) is 1.95. The van der Waals surface area contributed by atoms with Crippen LogP contribution >= 0.6 is 11.6 Å². The maximum Gasteiger partial charge on any atom is 0.256 e. The van der Waals surface area contributed by atoms with Crippen LogP contribution in [0.1, 0.15) is 54.2 Å². The van der Waals surface area contributed by atoms with E-state index in [2.05, 4.69) is 9.62 Å². The fraction of sp³-hybridized carbons (Fsp3) is 0.435. The summed E-state index contributed by atoms with van der Waals surface area (Å²) < 4.78 is 27.9. The first-order chi connectivity index (χ1) is 16.3. The highest BCUT2D eigenvalue weighted by Crippen LogP contribution is 2.34. The second kappa shape index (κ2) is 9.07. The number of nitrogens with zero attached hydrogens (tertiary/aromatic N) is 5. The van der Waals surface area contributed by atoms with E-state index in [1.54, 1.807) is 15.5 Å². The molecular formula is C23H27ClN6O3S. The number of benzene rings is 1. The summed E-state index contributed by atoms with van der Waals surface area (Å²) >= 11 is 6.17. The Balaban J connectivity index is 1.47. The maximum atomic E-state index is 13.7. The van der Waals surface area contributed by atoms with Crippen molar-refractivity contribution in [3.63, 3.8) is 0 Å². The fourth-order valence-electron chi connectivity index (χ4n) is 4.78. The molecule has 0 radical (unpaired) electrons. The molecule has 2 aromatic heterocycles. The van der Waals surface area contributed by atoms with E-state index >= 15 is 0 Å². The smallest absolute Gasteiger partial charge is 0.256 e. The van der Waals surface area contributed by atoms with Crippen LogP contribution in [0, 0.1) is 0 Å². The van der Waals surface area contributed by atoms with Crippen molar-refractivity contribution in [2.75, 3.05) is 35.5 Å². The van der Waals surface area contributed by atoms with Crippen molar-refractivity contribution in [2.24, 2.45) is 0 Å². The maximum absolute atomic E-state index is 13.7. The molecule has 2 aliphatic heterocycles. The van der Waals surface area contributed by atoms with Gasteiger partial charge >= 0.3 is 0 Å². The minimum atomic E-state index is -3.56. The summed E-state index contributed by atoms with van der Waals surface area (Å²) in [7, 11) is -3.56. The number of fused-ring (bicyclic) bond motifs is 1. The number of carbonyl (C=O) groups is 1. The quantitative estimate of drug-likeness (QED) is 0.570. The number of hydrogen-bond acceptors (Lipinski definition) is 6. The molecule has 3 aromatic rings. The first-order valence-electron chi connectivity index (χ1n) is 11.5. The van der Waals surface area contributed by atoms with Crippen LogP contribution in [0.5, 0.6) is 0 Å². The zero-order valence-corrected chi connectivity index (χ0v) is 20.5. The molecule has 1 unspecified atom stereocenters. The van der Waals surface area contributed by atoms with Crippen molar-refractivity contribution in [1.29, 1.82) is 0 Å². The second-order valence-electron chi connectivity index (χ2n) is 8.93. The van der Waals surface area contributed by atoms with Gasteiger partial charge in [0.1, 0.15) is 5.82 Å². The van der Waals surface area contributed by atoms with E-state index in [0.29, 0.717) is 11.6 Å². The van der Waals surface area contributed by atoms with E-state index in [-0.39, 0.29) is 23.2 Å². The SMILES string of the molecule is CS(=O)(=O)Nc1ccc(Cl)cc1C(=O)N1CCCCC1c1cn2nc(N3CCCC3)ccc2n1. The molecule has 0 aliphatic carbocycles. The largest absolute Gasteiger partial charge is 0.355 e. The minimum absolute atomic E-state index is 0.216. The van der Waals surface area contributed by atoms with Gasteiger partial charge in [0.25, 0.3) is 5.91 Å². The van der Waals surface area contributed by atoms with Gasteiger partial charge in [-0.2, -0.15) is 0 Å². The normalized spacial score (nSPS) is 19.1. The molecule has 180 valence electrons. The number of amides is 1. The number of rotatable bonds is 5. The molecule has 1 amide bonds. The average Bonchev–Trinajstić information content (AvgIpc) is 3.48. The van der Waals surface area contributed by atoms with Crippen molar-refractivity contribution in [3.05, 3.63) is 52.8 Å². The van der Waals surface area contributed by atoms with E-state index in [1.807, 2.05) is 18.3 Å². The number of sulfonamides is 1. The summed E-state index contributed by atoms with van der Waals surface area (Å²) in [5, 5.41) is 5.11. The standard InChI is InChI=1S/C23H27ClN6O3S/c1-34(32,33)27-18-8-7-16(24)14-17(18)23(31)29-13-3-2-6-20(29)19-15-30-21(25-19)9-10-22(26-30)28-11-4-5-12-28/h7-10,14-15,20,27H,2-6,11-13H2,1H3. The van der Waals surface area contributed by atoms with Crippen molar-refractivity contribution in [1.82, 2.24) is 19.5 Å². The third kappa shape index (κ3) is 4.69. The van der Waals surface area contributed by atoms with Gasteiger partial charge in [0.2, 0.25) is 10.0 Å². The molecule has 2 saturated heterocycles. The summed E-state index contributed by atoms with van der Waals surface area (Å²) in [4.78, 5) is 22.5. The van der Waals surface area contributed by atoms with Gasteiger partial charge in [0, 0.05) is 24.7 Å². The van der Waals surface area contributed by atoms with Gasteiger partial charge in [-0.05, 0) is 62.4 Å². The molecule has 2 fully saturated rings. The topological polar surface area (TPSA) is 99.9 Å². The molecule has 1 aromatic carbocycles. The lowest BCUT2D eigenvalue weighted by Crippen LogP contribution is -2.39. The zero-order chi connectivity index (χ0) is 23.9. The van der Waals surface area contributed by atoms with Crippen molar-refractivity contribution in [3.8, 4) is 0 Å². The monoisotopic (exact) mass is 502 g/mol. The first-order valence-corrected chi connectivity index (χ1v) is 13.7. The number of anilines is 2. The van der Waals surface area contributed by atoms with Gasteiger partial charge in [0.15, 0.2) is 5.65 Å². The lowest BCUT2D eigenvalue weighted by atomic mass is 9.98. The fourth-order valence-corrected chi connectivity index (χ4v) is 5.53. The highest BCUT2D eigenvalue weighted by atomic mass is 35.5. The van der Waals surface area contributed by atoms with E-state index in [4.69, 9.17) is 21.7 Å². The second-order valence-corrected chi connectivity index (χ2v) is 11.1. The Hall–Kier alpha value is -2.85. The van der Waals surface area contributed by atoms with Crippen LogP contribution in [0.4, 0.5) is 11.5 Å². The lowest BCUT2D eigenvalue weighted by molar-refractivity contribution is 0.0608. The van der Waals surface area contributed by atoms with Gasteiger partial charge in [-0.3, -0.25) is 9.52 Å². The number of likely N-dealkylation sites (tertiary alicyclic amines) is 1. The van der Waals surface area contributed by atoms with E-state index in [1.165, 1.54) is 25.0 Å². The summed E-state index contributed by atoms with van der Waals surface area (Å²) in [6, 6.07) is 8.32. The Bertz CT molecular complexity index is 1340. The third-order valence-corrected chi connectivity index (χ3v) is 7.19. The highest BCUT2D eigenvalue weighted by molar-refractivity contribution is 7.92. The first kappa shape index (κ1) is 22.9. The molecule has 2 aliphatic rings. The Morgan fingerprint density at radius 1 is 1.09 bits per heavy atom. The van der Waals surface area contributed by atoms with Crippen LogP contribution in [-0.2, 0) is 10.0 Å². The molecule has 9 nitrogen and oxygen atoms in total. The molecule has 34 heavy (non-hydrogen) atoms. The predicted molar refractivity (Wildman–Crippen MR) is 132 cm³/mol. The molecule has 0 spiro atoms. The van der Waals surface area contributed by atoms with Crippen molar-refractivity contribution >= 4 is 44.7 Å². The number of nitrogens with one attached hydrogen (secondary N) is 1. The van der Waals surface area contributed by atoms with Gasteiger partial charge in [-0.25, -0.2) is 17.9 Å². The summed E-state index contributed by atoms with van der Waals surface area (Å²) in [5.74, 6) is 0.655. The predicted octanol–water partition coefficient (Wildman–Crippen LogP) is 3.72. The minimum Gasteiger partial charge on any atom is -0.355 e. The van der Waals surface area contributed by atoms with Crippen LogP contribution in [0.3, 0.4) is 0 Å². The molecule has 1 atom stereocenters. The number of imidazole rings is 1. The van der Waals surface area contributed by atoms with Crippen LogP contribution in [0.25, 0.3) is 5.65 Å². The molecule has 0 saturated carbocycles. The molecule has 4 heterocycles. The van der Waals surface area contributed by atoms with E-state index in [9.17, 15) is 13.2 Å². The number of piperidine rings is 1. The average molecular weight is 503 g/mol. The Morgan fingerprint density at radius 2 is 1.85 bits per heavy atom. The van der Waals surface area contributed by atoms with Gasteiger partial charge in [0.05, 0.1) is 35.4 Å². The van der Waals surface area contributed by atoms with Crippen LogP contribution < -0.4 is 9.62 Å². The van der Waals surface area contributed by atoms with Crippen LogP contribution in [0.2, 0.25) is 5.02 Å². The number of halogens is 1.